The molecule has 0 radical (unpaired) electrons. The number of amides is 1. The number of hydrogen-bond donors (Lipinski definition) is 0. The van der Waals surface area contributed by atoms with Gasteiger partial charge in [0.15, 0.2) is 5.78 Å². The Morgan fingerprint density at radius 3 is 2.25 bits per heavy atom. The van der Waals surface area contributed by atoms with Gasteiger partial charge in [-0.3, -0.25) is 9.59 Å². The molecule has 0 aromatic heterocycles. The minimum absolute atomic E-state index is 0.138. The lowest BCUT2D eigenvalue weighted by Crippen LogP contribution is -2.46. The van der Waals surface area contributed by atoms with Crippen molar-refractivity contribution in [1.29, 1.82) is 0 Å². The summed E-state index contributed by atoms with van der Waals surface area (Å²) in [5.74, 6) is -1.42. The van der Waals surface area contributed by atoms with Crippen LogP contribution in [0.3, 0.4) is 0 Å². The molecule has 24 heavy (non-hydrogen) atoms. The lowest BCUT2D eigenvalue weighted by molar-refractivity contribution is -0.137. The molecule has 3 nitrogen and oxygen atoms in total. The van der Waals surface area contributed by atoms with Crippen molar-refractivity contribution in [3.8, 4) is 0 Å². The van der Waals surface area contributed by atoms with Crippen LogP contribution in [0.4, 0.5) is 13.2 Å². The van der Waals surface area contributed by atoms with Gasteiger partial charge in [0.2, 0.25) is 0 Å². The number of nitrogens with zero attached hydrogens (tertiary/aromatic N) is 1. The van der Waals surface area contributed by atoms with Crippen molar-refractivity contribution in [1.82, 2.24) is 4.90 Å². The standard InChI is InChI=1S/C18H14F3NO2/c1-11-10-13(23)8-9-17(11)14(12-6-4-3-5-7-12)15(18(19,20)21)16(24)22(17)2/h3-10H,1-2H3/t17-/m0/s1. The predicted octanol–water partition coefficient (Wildman–Crippen LogP) is 3.30. The number of likely N-dealkylation sites (N-methyl/N-ethyl adjacent to an activating group) is 1. The zero-order chi connectivity index (χ0) is 17.7. The van der Waals surface area contributed by atoms with Crippen LogP contribution in [0.25, 0.3) is 5.57 Å². The second kappa shape index (κ2) is 5.19. The molecule has 0 N–H and O–H groups in total. The summed E-state index contributed by atoms with van der Waals surface area (Å²) in [6, 6.07) is 7.99. The third kappa shape index (κ3) is 2.13. The van der Waals surface area contributed by atoms with E-state index in [2.05, 4.69) is 0 Å². The van der Waals surface area contributed by atoms with E-state index >= 15 is 0 Å². The summed E-state index contributed by atoms with van der Waals surface area (Å²) in [5.41, 5.74) is -2.06. The Bertz CT molecular complexity index is 818. The third-order valence-electron chi connectivity index (χ3n) is 4.47. The van der Waals surface area contributed by atoms with E-state index < -0.39 is 23.2 Å². The molecule has 0 saturated carbocycles. The molecule has 1 atom stereocenters. The topological polar surface area (TPSA) is 37.4 Å². The van der Waals surface area contributed by atoms with Crippen molar-refractivity contribution in [2.24, 2.45) is 0 Å². The summed E-state index contributed by atoms with van der Waals surface area (Å²) >= 11 is 0. The number of rotatable bonds is 1. The summed E-state index contributed by atoms with van der Waals surface area (Å²) in [4.78, 5) is 25.1. The minimum Gasteiger partial charge on any atom is -0.325 e. The van der Waals surface area contributed by atoms with Crippen LogP contribution in [0.1, 0.15) is 12.5 Å². The number of carbonyl (C=O) groups excluding carboxylic acids is 2. The van der Waals surface area contributed by atoms with Crippen LogP contribution in [0.15, 0.2) is 59.7 Å². The van der Waals surface area contributed by atoms with Gasteiger partial charge < -0.3 is 4.90 Å². The number of carbonyl (C=O) groups is 2. The molecule has 1 aliphatic heterocycles. The zero-order valence-electron chi connectivity index (χ0n) is 13.0. The maximum atomic E-state index is 13.6. The van der Waals surface area contributed by atoms with Gasteiger partial charge >= 0.3 is 6.18 Å². The normalized spacial score (nSPS) is 24.2. The molecular weight excluding hydrogens is 319 g/mol. The Balaban J connectivity index is 2.39. The highest BCUT2D eigenvalue weighted by molar-refractivity contribution is 6.14. The highest BCUT2D eigenvalue weighted by atomic mass is 19.4. The van der Waals surface area contributed by atoms with Crippen LogP contribution in [0, 0.1) is 0 Å². The van der Waals surface area contributed by atoms with Crippen LogP contribution >= 0.6 is 0 Å². The second-order valence-electron chi connectivity index (χ2n) is 5.81. The monoisotopic (exact) mass is 333 g/mol. The Morgan fingerprint density at radius 2 is 1.71 bits per heavy atom. The van der Waals surface area contributed by atoms with Gasteiger partial charge in [-0.15, -0.1) is 0 Å². The molecule has 124 valence electrons. The molecule has 1 amide bonds. The lowest BCUT2D eigenvalue weighted by Gasteiger charge is -2.38. The van der Waals surface area contributed by atoms with Crippen LogP contribution in [0.2, 0.25) is 0 Å². The smallest absolute Gasteiger partial charge is 0.325 e. The molecule has 1 aromatic rings. The first-order valence-electron chi connectivity index (χ1n) is 7.27. The first kappa shape index (κ1) is 16.2. The van der Waals surface area contributed by atoms with Gasteiger partial charge in [0, 0.05) is 12.6 Å². The fraction of sp³-hybridized carbons (Fsp3) is 0.222. The molecule has 1 aromatic carbocycles. The van der Waals surface area contributed by atoms with E-state index in [1.54, 1.807) is 25.1 Å². The fourth-order valence-electron chi connectivity index (χ4n) is 3.39. The van der Waals surface area contributed by atoms with Crippen LogP contribution in [0.5, 0.6) is 0 Å². The highest BCUT2D eigenvalue weighted by Gasteiger charge is 2.57. The van der Waals surface area contributed by atoms with Crippen molar-refractivity contribution < 1.29 is 22.8 Å². The van der Waals surface area contributed by atoms with Crippen molar-refractivity contribution >= 4 is 17.3 Å². The van der Waals surface area contributed by atoms with Crippen LogP contribution < -0.4 is 0 Å². The van der Waals surface area contributed by atoms with Crippen LogP contribution in [-0.2, 0) is 9.59 Å². The number of halogens is 3. The maximum absolute atomic E-state index is 13.6. The lowest BCUT2D eigenvalue weighted by atomic mass is 9.76. The quantitative estimate of drug-likeness (QED) is 0.791. The van der Waals surface area contributed by atoms with E-state index in [1.807, 2.05) is 0 Å². The molecule has 1 aliphatic carbocycles. The van der Waals surface area contributed by atoms with E-state index in [9.17, 15) is 22.8 Å². The van der Waals surface area contributed by atoms with Crippen molar-refractivity contribution in [2.45, 2.75) is 18.6 Å². The zero-order valence-corrected chi connectivity index (χ0v) is 13.0. The van der Waals surface area contributed by atoms with Gasteiger partial charge in [0.1, 0.15) is 11.1 Å². The minimum atomic E-state index is -4.80. The van der Waals surface area contributed by atoms with E-state index in [-0.39, 0.29) is 11.4 Å². The molecule has 0 unspecified atom stereocenters. The van der Waals surface area contributed by atoms with Gasteiger partial charge in [-0.2, -0.15) is 13.2 Å². The average Bonchev–Trinajstić information content (AvgIpc) is 2.74. The summed E-state index contributed by atoms with van der Waals surface area (Å²) in [5, 5.41) is 0. The predicted molar refractivity (Wildman–Crippen MR) is 82.8 cm³/mol. The Kier molecular flexibility index (Phi) is 3.51. The summed E-state index contributed by atoms with van der Waals surface area (Å²) < 4.78 is 40.9. The molecule has 3 rings (SSSR count). The van der Waals surface area contributed by atoms with E-state index in [0.717, 1.165) is 4.90 Å². The molecule has 0 bridgehead atoms. The van der Waals surface area contributed by atoms with Gasteiger partial charge in [0.05, 0.1) is 0 Å². The molecular formula is C18H14F3NO2. The van der Waals surface area contributed by atoms with Crippen molar-refractivity contribution in [3.63, 3.8) is 0 Å². The molecule has 1 spiro atoms. The molecule has 6 heteroatoms. The van der Waals surface area contributed by atoms with Gasteiger partial charge in [-0.25, -0.2) is 0 Å². The number of alkyl halides is 3. The first-order chi connectivity index (χ1) is 11.2. The SMILES string of the molecule is CC1=CC(=O)C=C[C@@]12C(c1ccccc1)=C(C(F)(F)F)C(=O)N2C. The van der Waals surface area contributed by atoms with E-state index in [1.165, 1.54) is 37.4 Å². The van der Waals surface area contributed by atoms with Gasteiger partial charge in [-0.1, -0.05) is 30.3 Å². The summed E-state index contributed by atoms with van der Waals surface area (Å²) in [7, 11) is 1.32. The Labute approximate surface area is 136 Å². The molecule has 1 heterocycles. The highest BCUT2D eigenvalue weighted by Crippen LogP contribution is 2.51. The number of hydrogen-bond acceptors (Lipinski definition) is 2. The van der Waals surface area contributed by atoms with Gasteiger partial charge in [0.25, 0.3) is 5.91 Å². The fourth-order valence-corrected chi connectivity index (χ4v) is 3.39. The van der Waals surface area contributed by atoms with Gasteiger partial charge in [-0.05, 0) is 36.3 Å². The molecule has 0 saturated heterocycles. The van der Waals surface area contributed by atoms with E-state index in [4.69, 9.17) is 0 Å². The number of ketones is 1. The average molecular weight is 333 g/mol. The van der Waals surface area contributed by atoms with Crippen molar-refractivity contribution in [3.05, 3.63) is 65.3 Å². The van der Waals surface area contributed by atoms with E-state index in [0.29, 0.717) is 11.1 Å². The number of benzene rings is 1. The first-order valence-corrected chi connectivity index (χ1v) is 7.27. The van der Waals surface area contributed by atoms with Crippen molar-refractivity contribution in [2.75, 3.05) is 7.05 Å². The Morgan fingerprint density at radius 1 is 1.08 bits per heavy atom. The maximum Gasteiger partial charge on any atom is 0.422 e. The molecule has 2 aliphatic rings. The largest absolute Gasteiger partial charge is 0.422 e. The summed E-state index contributed by atoms with van der Waals surface area (Å²) in [6.07, 6.45) is -0.940. The molecule has 0 fully saturated rings. The second-order valence-corrected chi connectivity index (χ2v) is 5.81. The summed E-state index contributed by atoms with van der Waals surface area (Å²) in [6.45, 7) is 1.56. The van der Waals surface area contributed by atoms with Crippen LogP contribution in [-0.4, -0.2) is 35.4 Å². The number of allylic oxidation sites excluding steroid dienone is 2. The Hall–Kier alpha value is -2.63. The third-order valence-corrected chi connectivity index (χ3v) is 4.47.